The fraction of sp³-hybridized carbons (Fsp3) is 0.857. The van der Waals surface area contributed by atoms with Crippen molar-refractivity contribution in [2.45, 2.75) is 64.0 Å². The number of hydrogen-bond donors (Lipinski definition) is 1. The van der Waals surface area contributed by atoms with E-state index in [1.54, 1.807) is 0 Å². The molecule has 0 aliphatic heterocycles. The van der Waals surface area contributed by atoms with Crippen molar-refractivity contribution in [3.8, 4) is 0 Å². The van der Waals surface area contributed by atoms with Crippen molar-refractivity contribution in [3.63, 3.8) is 0 Å². The van der Waals surface area contributed by atoms with Gasteiger partial charge in [-0.3, -0.25) is 4.18 Å². The van der Waals surface area contributed by atoms with E-state index in [0.29, 0.717) is 12.8 Å². The minimum Gasteiger partial charge on any atom is -0.344 e. The zero-order valence-corrected chi connectivity index (χ0v) is 13.9. The Hall–Kier alpha value is -0.600. The van der Waals surface area contributed by atoms with Crippen LogP contribution in [0.2, 0.25) is 0 Å². The van der Waals surface area contributed by atoms with Crippen LogP contribution in [0.4, 0.5) is 13.2 Å². The number of halogens is 3. The van der Waals surface area contributed by atoms with Gasteiger partial charge in [0.05, 0.1) is 12.4 Å². The summed E-state index contributed by atoms with van der Waals surface area (Å²) in [5, 5.41) is 0. The lowest BCUT2D eigenvalue weighted by molar-refractivity contribution is -0.135. The Morgan fingerprint density at radius 1 is 0.909 bits per heavy atom. The molecule has 0 aromatic heterocycles. The minimum atomic E-state index is -4.04. The zero-order chi connectivity index (χ0) is 16.2. The second kappa shape index (κ2) is 12.9. The molecule has 22 heavy (non-hydrogen) atoms. The Morgan fingerprint density at radius 3 is 1.82 bits per heavy atom. The van der Waals surface area contributed by atoms with E-state index in [4.69, 9.17) is 0 Å². The van der Waals surface area contributed by atoms with Gasteiger partial charge in [0.1, 0.15) is 0 Å². The average molecular weight is 347 g/mol. The summed E-state index contributed by atoms with van der Waals surface area (Å²) < 4.78 is 62.9. The molecule has 0 aliphatic carbocycles. The fourth-order valence-electron chi connectivity index (χ4n) is 1.88. The van der Waals surface area contributed by atoms with E-state index in [0.717, 1.165) is 32.1 Å². The third kappa shape index (κ3) is 17.5. The van der Waals surface area contributed by atoms with Gasteiger partial charge in [-0.1, -0.05) is 44.6 Å². The van der Waals surface area contributed by atoms with E-state index in [2.05, 4.69) is 10.8 Å². The normalized spacial score (nSPS) is 12.0. The van der Waals surface area contributed by atoms with E-state index >= 15 is 0 Å². The van der Waals surface area contributed by atoms with E-state index in [9.17, 15) is 21.6 Å². The van der Waals surface area contributed by atoms with E-state index in [1.807, 2.05) is 0 Å². The maximum absolute atomic E-state index is 11.9. The maximum atomic E-state index is 11.9. The van der Waals surface area contributed by atoms with Gasteiger partial charge in [-0.25, -0.2) is 0 Å². The molecule has 0 rings (SSSR count). The lowest BCUT2D eigenvalue weighted by Gasteiger charge is -2.06. The van der Waals surface area contributed by atoms with E-state index in [-0.39, 0.29) is 24.9 Å². The molecule has 0 unspecified atom stereocenters. The van der Waals surface area contributed by atoms with Crippen LogP contribution < -0.4 is 6.15 Å². The van der Waals surface area contributed by atoms with Crippen LogP contribution in [-0.2, 0) is 14.3 Å². The molecular weight excluding hydrogens is 319 g/mol. The summed E-state index contributed by atoms with van der Waals surface area (Å²) in [5.41, 5.74) is 0. The minimum absolute atomic E-state index is 0. The van der Waals surface area contributed by atoms with Crippen molar-refractivity contribution in [1.82, 2.24) is 6.15 Å². The molecule has 0 saturated carbocycles. The first-order valence-corrected chi connectivity index (χ1v) is 8.89. The largest absolute Gasteiger partial charge is 0.389 e. The molecule has 0 heterocycles. The highest BCUT2D eigenvalue weighted by Gasteiger charge is 2.25. The highest BCUT2D eigenvalue weighted by atomic mass is 32.2. The summed E-state index contributed by atoms with van der Waals surface area (Å²) in [4.78, 5) is 0. The average Bonchev–Trinajstić information content (AvgIpc) is 2.37. The molecule has 3 N–H and O–H groups in total. The molecule has 0 aliphatic rings. The van der Waals surface area contributed by atoms with Gasteiger partial charge >= 0.3 is 6.18 Å². The Balaban J connectivity index is 0. The third-order valence-electron chi connectivity index (χ3n) is 2.97. The Morgan fingerprint density at radius 2 is 1.36 bits per heavy atom. The number of unbranched alkanes of at least 4 members (excludes halogenated alkanes) is 7. The Labute approximate surface area is 131 Å². The maximum Gasteiger partial charge on any atom is 0.389 e. The highest BCUT2D eigenvalue weighted by molar-refractivity contribution is 7.86. The first kappa shape index (κ1) is 23.7. The van der Waals surface area contributed by atoms with Crippen LogP contribution in [0.15, 0.2) is 12.7 Å². The second-order valence-electron chi connectivity index (χ2n) is 5.03. The first-order valence-electron chi connectivity index (χ1n) is 7.31. The smallest absolute Gasteiger partial charge is 0.344 e. The molecule has 0 saturated heterocycles. The first-order chi connectivity index (χ1) is 9.77. The second-order valence-corrected chi connectivity index (χ2v) is 6.79. The van der Waals surface area contributed by atoms with Gasteiger partial charge < -0.3 is 6.15 Å². The van der Waals surface area contributed by atoms with Crippen molar-refractivity contribution in [2.75, 3.05) is 12.4 Å². The van der Waals surface area contributed by atoms with Gasteiger partial charge in [-0.2, -0.15) is 21.6 Å². The van der Waals surface area contributed by atoms with Crippen molar-refractivity contribution in [2.24, 2.45) is 0 Å². The van der Waals surface area contributed by atoms with Crippen LogP contribution in [0.5, 0.6) is 0 Å². The van der Waals surface area contributed by atoms with Crippen LogP contribution >= 0.6 is 0 Å². The van der Waals surface area contributed by atoms with Crippen LogP contribution in [-0.4, -0.2) is 27.0 Å². The van der Waals surface area contributed by atoms with Gasteiger partial charge in [0.2, 0.25) is 0 Å². The van der Waals surface area contributed by atoms with Gasteiger partial charge in [-0.05, 0) is 12.8 Å². The molecule has 0 aromatic carbocycles. The fourth-order valence-corrected chi connectivity index (χ4v) is 2.85. The van der Waals surface area contributed by atoms with Crippen LogP contribution in [0, 0.1) is 0 Å². The van der Waals surface area contributed by atoms with Crippen molar-refractivity contribution in [1.29, 1.82) is 0 Å². The molecule has 0 atom stereocenters. The predicted molar refractivity (Wildman–Crippen MR) is 82.6 cm³/mol. The molecule has 0 aromatic rings. The summed E-state index contributed by atoms with van der Waals surface area (Å²) in [7, 11) is -3.44. The molecule has 134 valence electrons. The molecule has 4 nitrogen and oxygen atoms in total. The topological polar surface area (TPSA) is 78.4 Å². The zero-order valence-electron chi connectivity index (χ0n) is 13.0. The molecule has 0 radical (unpaired) electrons. The quantitative estimate of drug-likeness (QED) is 0.296. The molecular formula is C14H28F3NO3S. The molecule has 0 bridgehead atoms. The Kier molecular flexibility index (Phi) is 13.9. The van der Waals surface area contributed by atoms with Crippen molar-refractivity contribution < 1.29 is 25.8 Å². The summed E-state index contributed by atoms with van der Waals surface area (Å²) in [6, 6.07) is 0. The molecule has 0 amide bonds. The standard InChI is InChI=1S/C14H25F3O3S.H3N/c1-2-12-20-21(18,19)13-10-8-6-4-3-5-7-9-11-14(15,16)17;/h2H,1,3-13H2;1H3. The van der Waals surface area contributed by atoms with Gasteiger partial charge in [0.25, 0.3) is 10.1 Å². The molecule has 0 spiro atoms. The van der Waals surface area contributed by atoms with Crippen LogP contribution in [0.25, 0.3) is 0 Å². The van der Waals surface area contributed by atoms with Gasteiger partial charge in [-0.15, -0.1) is 6.58 Å². The summed E-state index contributed by atoms with van der Waals surface area (Å²) >= 11 is 0. The highest BCUT2D eigenvalue weighted by Crippen LogP contribution is 2.23. The number of hydrogen-bond acceptors (Lipinski definition) is 4. The Bertz CT molecular complexity index is 370. The van der Waals surface area contributed by atoms with Crippen molar-refractivity contribution >= 4 is 10.1 Å². The summed E-state index contributed by atoms with van der Waals surface area (Å²) in [6.45, 7) is 3.38. The molecule has 0 fully saturated rings. The number of rotatable bonds is 13. The van der Waals surface area contributed by atoms with Crippen LogP contribution in [0.3, 0.4) is 0 Å². The van der Waals surface area contributed by atoms with Gasteiger partial charge in [0.15, 0.2) is 0 Å². The predicted octanol–water partition coefficient (Wildman–Crippen LogP) is 4.75. The van der Waals surface area contributed by atoms with Crippen molar-refractivity contribution in [3.05, 3.63) is 12.7 Å². The summed E-state index contributed by atoms with van der Waals surface area (Å²) in [6.07, 6.45) is 2.31. The summed E-state index contributed by atoms with van der Waals surface area (Å²) in [5.74, 6) is 0.00637. The molecule has 8 heteroatoms. The lowest BCUT2D eigenvalue weighted by atomic mass is 10.1. The van der Waals surface area contributed by atoms with E-state index in [1.165, 1.54) is 6.08 Å². The SMILES string of the molecule is C=CCOS(=O)(=O)CCCCCCCCCCC(F)(F)F.N. The van der Waals surface area contributed by atoms with Gasteiger partial charge in [0, 0.05) is 6.42 Å². The van der Waals surface area contributed by atoms with Crippen LogP contribution in [0.1, 0.15) is 57.8 Å². The third-order valence-corrected chi connectivity index (χ3v) is 4.25. The number of alkyl halides is 3. The lowest BCUT2D eigenvalue weighted by Crippen LogP contribution is -2.10. The monoisotopic (exact) mass is 347 g/mol. The van der Waals surface area contributed by atoms with E-state index < -0.39 is 22.7 Å².